The second kappa shape index (κ2) is 4.77. The van der Waals surface area contributed by atoms with Gasteiger partial charge in [0, 0.05) is 32.2 Å². The number of benzene rings is 1. The number of piperazine rings is 1. The van der Waals surface area contributed by atoms with Gasteiger partial charge in [0.25, 0.3) is 0 Å². The minimum atomic E-state index is 0.549. The Morgan fingerprint density at radius 1 is 1.20 bits per heavy atom. The van der Waals surface area contributed by atoms with Crippen molar-refractivity contribution >= 4 is 0 Å². The SMILES string of the molecule is Cc1ccccc1C(C)N1CCNCC1. The zero-order valence-corrected chi connectivity index (χ0v) is 9.66. The van der Waals surface area contributed by atoms with Crippen LogP contribution in [0.1, 0.15) is 24.1 Å². The first-order valence-corrected chi connectivity index (χ1v) is 5.79. The highest BCUT2D eigenvalue weighted by Gasteiger charge is 2.18. The van der Waals surface area contributed by atoms with Gasteiger partial charge in [-0.05, 0) is 25.0 Å². The van der Waals surface area contributed by atoms with E-state index in [1.165, 1.54) is 11.1 Å². The number of aryl methyl sites for hydroxylation is 1. The van der Waals surface area contributed by atoms with Crippen molar-refractivity contribution in [3.63, 3.8) is 0 Å². The molecule has 0 amide bonds. The summed E-state index contributed by atoms with van der Waals surface area (Å²) in [6.45, 7) is 9.08. The highest BCUT2D eigenvalue weighted by atomic mass is 15.2. The van der Waals surface area contributed by atoms with Gasteiger partial charge in [-0.25, -0.2) is 0 Å². The lowest BCUT2D eigenvalue weighted by atomic mass is 10.0. The standard InChI is InChI=1S/C13H20N2/c1-11-5-3-4-6-13(11)12(2)15-9-7-14-8-10-15/h3-6,12,14H,7-10H2,1-2H3. The van der Waals surface area contributed by atoms with E-state index in [9.17, 15) is 0 Å². The molecule has 1 fully saturated rings. The predicted octanol–water partition coefficient (Wildman–Crippen LogP) is 1.96. The Bertz CT molecular complexity index is 316. The van der Waals surface area contributed by atoms with Crippen LogP contribution in [0.3, 0.4) is 0 Å². The average Bonchev–Trinajstić information content (AvgIpc) is 2.30. The fourth-order valence-electron chi connectivity index (χ4n) is 2.32. The fourth-order valence-corrected chi connectivity index (χ4v) is 2.32. The predicted molar refractivity (Wildman–Crippen MR) is 64.0 cm³/mol. The van der Waals surface area contributed by atoms with E-state index in [0.717, 1.165) is 26.2 Å². The molecule has 0 aromatic heterocycles. The van der Waals surface area contributed by atoms with Crippen molar-refractivity contribution in [3.05, 3.63) is 35.4 Å². The summed E-state index contributed by atoms with van der Waals surface area (Å²) in [6, 6.07) is 9.26. The maximum Gasteiger partial charge on any atom is 0.0323 e. The maximum absolute atomic E-state index is 3.39. The summed E-state index contributed by atoms with van der Waals surface area (Å²) in [5, 5.41) is 3.39. The number of hydrogen-bond donors (Lipinski definition) is 1. The van der Waals surface area contributed by atoms with Gasteiger partial charge in [0.1, 0.15) is 0 Å². The lowest BCUT2D eigenvalue weighted by Crippen LogP contribution is -2.44. The molecule has 0 spiro atoms. The third kappa shape index (κ3) is 2.39. The monoisotopic (exact) mass is 204 g/mol. The van der Waals surface area contributed by atoms with Gasteiger partial charge in [-0.3, -0.25) is 4.90 Å². The van der Waals surface area contributed by atoms with E-state index in [1.54, 1.807) is 0 Å². The number of nitrogens with zero attached hydrogens (tertiary/aromatic N) is 1. The van der Waals surface area contributed by atoms with Gasteiger partial charge < -0.3 is 5.32 Å². The molecule has 2 rings (SSSR count). The smallest absolute Gasteiger partial charge is 0.0323 e. The van der Waals surface area contributed by atoms with Crippen molar-refractivity contribution < 1.29 is 0 Å². The van der Waals surface area contributed by atoms with E-state index in [4.69, 9.17) is 0 Å². The van der Waals surface area contributed by atoms with Crippen LogP contribution in [-0.2, 0) is 0 Å². The molecule has 82 valence electrons. The maximum atomic E-state index is 3.39. The number of nitrogens with one attached hydrogen (secondary N) is 1. The van der Waals surface area contributed by atoms with Gasteiger partial charge in [0.15, 0.2) is 0 Å². The van der Waals surface area contributed by atoms with Gasteiger partial charge in [-0.15, -0.1) is 0 Å². The van der Waals surface area contributed by atoms with Crippen LogP contribution in [0.15, 0.2) is 24.3 Å². The van der Waals surface area contributed by atoms with Gasteiger partial charge in [0.2, 0.25) is 0 Å². The summed E-state index contributed by atoms with van der Waals surface area (Å²) < 4.78 is 0. The Hall–Kier alpha value is -0.860. The summed E-state index contributed by atoms with van der Waals surface area (Å²) in [4.78, 5) is 2.55. The second-order valence-corrected chi connectivity index (χ2v) is 4.32. The zero-order chi connectivity index (χ0) is 10.7. The Morgan fingerprint density at radius 3 is 2.53 bits per heavy atom. The molecule has 0 saturated carbocycles. The third-order valence-electron chi connectivity index (χ3n) is 3.34. The molecule has 0 aliphatic carbocycles. The third-order valence-corrected chi connectivity index (χ3v) is 3.34. The lowest BCUT2D eigenvalue weighted by Gasteiger charge is -2.33. The molecule has 15 heavy (non-hydrogen) atoms. The quantitative estimate of drug-likeness (QED) is 0.792. The topological polar surface area (TPSA) is 15.3 Å². The van der Waals surface area contributed by atoms with Gasteiger partial charge in [-0.1, -0.05) is 24.3 Å². The molecular formula is C13H20N2. The van der Waals surface area contributed by atoms with E-state index < -0.39 is 0 Å². The molecule has 1 aromatic carbocycles. The molecule has 2 heteroatoms. The molecule has 1 aliphatic rings. The zero-order valence-electron chi connectivity index (χ0n) is 9.66. The van der Waals surface area contributed by atoms with E-state index >= 15 is 0 Å². The van der Waals surface area contributed by atoms with E-state index in [2.05, 4.69) is 48.3 Å². The highest BCUT2D eigenvalue weighted by molar-refractivity contribution is 5.28. The molecule has 1 unspecified atom stereocenters. The number of hydrogen-bond acceptors (Lipinski definition) is 2. The van der Waals surface area contributed by atoms with Crippen LogP contribution in [0.5, 0.6) is 0 Å². The van der Waals surface area contributed by atoms with E-state index in [-0.39, 0.29) is 0 Å². The van der Waals surface area contributed by atoms with Crippen molar-refractivity contribution in [2.75, 3.05) is 26.2 Å². The van der Waals surface area contributed by atoms with Gasteiger partial charge >= 0.3 is 0 Å². The number of rotatable bonds is 2. The van der Waals surface area contributed by atoms with Crippen molar-refractivity contribution in [2.24, 2.45) is 0 Å². The Balaban J connectivity index is 2.12. The van der Waals surface area contributed by atoms with Gasteiger partial charge in [-0.2, -0.15) is 0 Å². The van der Waals surface area contributed by atoms with Crippen LogP contribution >= 0.6 is 0 Å². The summed E-state index contributed by atoms with van der Waals surface area (Å²) >= 11 is 0. The normalized spacial score (nSPS) is 20.1. The minimum Gasteiger partial charge on any atom is -0.314 e. The van der Waals surface area contributed by atoms with E-state index in [0.29, 0.717) is 6.04 Å². The molecule has 1 N–H and O–H groups in total. The van der Waals surface area contributed by atoms with Crippen LogP contribution in [-0.4, -0.2) is 31.1 Å². The molecule has 1 atom stereocenters. The first-order valence-electron chi connectivity index (χ1n) is 5.79. The molecule has 1 saturated heterocycles. The van der Waals surface area contributed by atoms with Gasteiger partial charge in [0.05, 0.1) is 0 Å². The van der Waals surface area contributed by atoms with Crippen molar-refractivity contribution in [1.29, 1.82) is 0 Å². The van der Waals surface area contributed by atoms with Crippen LogP contribution < -0.4 is 5.32 Å². The second-order valence-electron chi connectivity index (χ2n) is 4.32. The average molecular weight is 204 g/mol. The summed E-state index contributed by atoms with van der Waals surface area (Å²) in [5.41, 5.74) is 2.88. The largest absolute Gasteiger partial charge is 0.314 e. The van der Waals surface area contributed by atoms with Crippen molar-refractivity contribution in [2.45, 2.75) is 19.9 Å². The molecule has 0 bridgehead atoms. The molecule has 0 radical (unpaired) electrons. The van der Waals surface area contributed by atoms with Crippen LogP contribution in [0.4, 0.5) is 0 Å². The summed E-state index contributed by atoms with van der Waals surface area (Å²) in [5.74, 6) is 0. The Morgan fingerprint density at radius 2 is 1.87 bits per heavy atom. The first-order chi connectivity index (χ1) is 7.29. The van der Waals surface area contributed by atoms with Crippen LogP contribution in [0.25, 0.3) is 0 Å². The van der Waals surface area contributed by atoms with Crippen LogP contribution in [0, 0.1) is 6.92 Å². The Kier molecular flexibility index (Phi) is 3.39. The Labute approximate surface area is 92.3 Å². The molecule has 1 aromatic rings. The summed E-state index contributed by atoms with van der Waals surface area (Å²) in [7, 11) is 0. The fraction of sp³-hybridized carbons (Fsp3) is 0.538. The molecule has 1 aliphatic heterocycles. The molecule has 2 nitrogen and oxygen atoms in total. The molecule has 1 heterocycles. The highest BCUT2D eigenvalue weighted by Crippen LogP contribution is 2.23. The molecular weight excluding hydrogens is 184 g/mol. The van der Waals surface area contributed by atoms with Crippen molar-refractivity contribution in [3.8, 4) is 0 Å². The van der Waals surface area contributed by atoms with E-state index in [1.807, 2.05) is 0 Å². The minimum absolute atomic E-state index is 0.549. The summed E-state index contributed by atoms with van der Waals surface area (Å²) in [6.07, 6.45) is 0. The first kappa shape index (κ1) is 10.7. The lowest BCUT2D eigenvalue weighted by molar-refractivity contribution is 0.185. The van der Waals surface area contributed by atoms with Crippen LogP contribution in [0.2, 0.25) is 0 Å². The van der Waals surface area contributed by atoms with Crippen molar-refractivity contribution in [1.82, 2.24) is 10.2 Å².